The lowest BCUT2D eigenvalue weighted by Crippen LogP contribution is -2.21. The lowest BCUT2D eigenvalue weighted by molar-refractivity contribution is 0.593. The third kappa shape index (κ3) is 2.92. The second-order valence-electron chi connectivity index (χ2n) is 4.34. The summed E-state index contributed by atoms with van der Waals surface area (Å²) in [5, 5.41) is 4.62. The van der Waals surface area contributed by atoms with Gasteiger partial charge in [0.15, 0.2) is 5.13 Å². The molecule has 0 radical (unpaired) electrons. The molecule has 1 aliphatic heterocycles. The minimum Gasteiger partial charge on any atom is -0.348 e. The van der Waals surface area contributed by atoms with Crippen LogP contribution in [0.15, 0.2) is 6.20 Å². The minimum atomic E-state index is 0.544. The maximum atomic E-state index is 4.48. The van der Waals surface area contributed by atoms with Crippen LogP contribution >= 0.6 is 11.3 Å². The van der Waals surface area contributed by atoms with E-state index in [4.69, 9.17) is 0 Å². The van der Waals surface area contributed by atoms with Crippen molar-refractivity contribution < 1.29 is 0 Å². The van der Waals surface area contributed by atoms with Gasteiger partial charge in [-0.15, -0.1) is 11.3 Å². The first kappa shape index (κ1) is 10.9. The topological polar surface area (TPSA) is 28.2 Å². The Morgan fingerprint density at radius 3 is 2.87 bits per heavy atom. The van der Waals surface area contributed by atoms with E-state index in [1.165, 1.54) is 35.9 Å². The van der Waals surface area contributed by atoms with Crippen molar-refractivity contribution in [3.8, 4) is 0 Å². The van der Waals surface area contributed by atoms with Gasteiger partial charge in [-0.3, -0.25) is 0 Å². The van der Waals surface area contributed by atoms with Crippen molar-refractivity contribution in [2.24, 2.45) is 0 Å². The van der Waals surface area contributed by atoms with Crippen molar-refractivity contribution in [2.45, 2.75) is 39.3 Å². The van der Waals surface area contributed by atoms with Gasteiger partial charge in [-0.05, 0) is 12.8 Å². The van der Waals surface area contributed by atoms with E-state index in [0.717, 1.165) is 6.54 Å². The third-order valence-electron chi connectivity index (χ3n) is 2.60. The molecule has 1 aliphatic rings. The standard InChI is InChI=1S/C11H19N3S/c1-9(2)12-7-10-8-13-11(15-10)14-5-3-4-6-14/h8-9,12H,3-7H2,1-2H3. The van der Waals surface area contributed by atoms with Crippen LogP contribution in [0.2, 0.25) is 0 Å². The van der Waals surface area contributed by atoms with Crippen molar-refractivity contribution in [3.05, 3.63) is 11.1 Å². The highest BCUT2D eigenvalue weighted by atomic mass is 32.1. The number of aromatic nitrogens is 1. The van der Waals surface area contributed by atoms with Crippen LogP contribution in [-0.2, 0) is 6.54 Å². The first-order valence-electron chi connectivity index (χ1n) is 5.69. The quantitative estimate of drug-likeness (QED) is 0.852. The molecule has 0 bridgehead atoms. The molecule has 1 aromatic rings. The summed E-state index contributed by atoms with van der Waals surface area (Å²) in [4.78, 5) is 8.21. The Morgan fingerprint density at radius 2 is 2.20 bits per heavy atom. The Balaban J connectivity index is 1.91. The summed E-state index contributed by atoms with van der Waals surface area (Å²) in [6.07, 6.45) is 4.64. The average molecular weight is 225 g/mol. The van der Waals surface area contributed by atoms with E-state index in [9.17, 15) is 0 Å². The predicted octanol–water partition coefficient (Wildman–Crippen LogP) is 2.24. The zero-order chi connectivity index (χ0) is 10.7. The Labute approximate surface area is 95.5 Å². The van der Waals surface area contributed by atoms with Gasteiger partial charge in [-0.2, -0.15) is 0 Å². The molecule has 2 rings (SSSR count). The number of anilines is 1. The number of thiazole rings is 1. The fourth-order valence-corrected chi connectivity index (χ4v) is 2.65. The Morgan fingerprint density at radius 1 is 1.47 bits per heavy atom. The van der Waals surface area contributed by atoms with Gasteiger partial charge in [0, 0.05) is 36.8 Å². The fourth-order valence-electron chi connectivity index (χ4n) is 1.74. The van der Waals surface area contributed by atoms with Crippen molar-refractivity contribution in [3.63, 3.8) is 0 Å². The molecule has 0 unspecified atom stereocenters. The van der Waals surface area contributed by atoms with Crippen molar-refractivity contribution in [1.82, 2.24) is 10.3 Å². The van der Waals surface area contributed by atoms with E-state index < -0.39 is 0 Å². The lowest BCUT2D eigenvalue weighted by atomic mass is 10.4. The maximum absolute atomic E-state index is 4.48. The normalized spacial score (nSPS) is 16.6. The SMILES string of the molecule is CC(C)NCc1cnc(N2CCCC2)s1. The Bertz CT molecular complexity index is 303. The first-order valence-corrected chi connectivity index (χ1v) is 6.50. The molecule has 0 amide bonds. The monoisotopic (exact) mass is 225 g/mol. The molecule has 4 heteroatoms. The van der Waals surface area contributed by atoms with Gasteiger partial charge in [-0.25, -0.2) is 4.98 Å². The largest absolute Gasteiger partial charge is 0.348 e. The average Bonchev–Trinajstić information content (AvgIpc) is 2.85. The van der Waals surface area contributed by atoms with Crippen LogP contribution in [0.3, 0.4) is 0 Å². The van der Waals surface area contributed by atoms with Crippen molar-refractivity contribution in [2.75, 3.05) is 18.0 Å². The Hall–Kier alpha value is -0.610. The highest BCUT2D eigenvalue weighted by Gasteiger charge is 2.15. The summed E-state index contributed by atoms with van der Waals surface area (Å²) >= 11 is 1.82. The molecule has 0 aliphatic carbocycles. The summed E-state index contributed by atoms with van der Waals surface area (Å²) in [5.41, 5.74) is 0. The van der Waals surface area contributed by atoms with Gasteiger partial charge in [0.25, 0.3) is 0 Å². The van der Waals surface area contributed by atoms with E-state index in [-0.39, 0.29) is 0 Å². The summed E-state index contributed by atoms with van der Waals surface area (Å²) in [7, 11) is 0. The molecule has 2 heterocycles. The highest BCUT2D eigenvalue weighted by Crippen LogP contribution is 2.25. The first-order chi connectivity index (χ1) is 7.25. The van der Waals surface area contributed by atoms with E-state index in [0.29, 0.717) is 6.04 Å². The highest BCUT2D eigenvalue weighted by molar-refractivity contribution is 7.15. The number of nitrogens with zero attached hydrogens (tertiary/aromatic N) is 2. The summed E-state index contributed by atoms with van der Waals surface area (Å²) in [6, 6.07) is 0.544. The fraction of sp³-hybridized carbons (Fsp3) is 0.727. The number of nitrogens with one attached hydrogen (secondary N) is 1. The molecule has 3 nitrogen and oxygen atoms in total. The van der Waals surface area contributed by atoms with Gasteiger partial charge < -0.3 is 10.2 Å². The van der Waals surface area contributed by atoms with Gasteiger partial charge in [0.1, 0.15) is 0 Å². The van der Waals surface area contributed by atoms with Gasteiger partial charge in [0.2, 0.25) is 0 Å². The van der Waals surface area contributed by atoms with Crippen molar-refractivity contribution >= 4 is 16.5 Å². The predicted molar refractivity (Wildman–Crippen MR) is 65.5 cm³/mol. The molecular formula is C11H19N3S. The minimum absolute atomic E-state index is 0.544. The lowest BCUT2D eigenvalue weighted by Gasteiger charge is -2.12. The summed E-state index contributed by atoms with van der Waals surface area (Å²) < 4.78 is 0. The number of hydrogen-bond acceptors (Lipinski definition) is 4. The molecule has 1 fully saturated rings. The maximum Gasteiger partial charge on any atom is 0.185 e. The van der Waals surface area contributed by atoms with Crippen LogP contribution in [-0.4, -0.2) is 24.1 Å². The summed E-state index contributed by atoms with van der Waals surface area (Å²) in [5.74, 6) is 0. The molecule has 0 saturated carbocycles. The molecule has 1 aromatic heterocycles. The van der Waals surface area contributed by atoms with Crippen LogP contribution in [0.1, 0.15) is 31.6 Å². The number of rotatable bonds is 4. The molecule has 15 heavy (non-hydrogen) atoms. The van der Waals surface area contributed by atoms with E-state index in [1.54, 1.807) is 0 Å². The van der Waals surface area contributed by atoms with Crippen LogP contribution in [0.25, 0.3) is 0 Å². The van der Waals surface area contributed by atoms with Gasteiger partial charge in [0.05, 0.1) is 0 Å². The third-order valence-corrected chi connectivity index (χ3v) is 3.66. The molecule has 1 N–H and O–H groups in total. The number of hydrogen-bond donors (Lipinski definition) is 1. The van der Waals surface area contributed by atoms with Crippen molar-refractivity contribution in [1.29, 1.82) is 0 Å². The zero-order valence-corrected chi connectivity index (χ0v) is 10.3. The van der Waals surface area contributed by atoms with E-state index in [1.807, 2.05) is 17.5 Å². The van der Waals surface area contributed by atoms with E-state index >= 15 is 0 Å². The molecule has 84 valence electrons. The second kappa shape index (κ2) is 4.94. The Kier molecular flexibility index (Phi) is 3.59. The van der Waals surface area contributed by atoms with Crippen LogP contribution in [0, 0.1) is 0 Å². The summed E-state index contributed by atoms with van der Waals surface area (Å²) in [6.45, 7) is 7.66. The van der Waals surface area contributed by atoms with Crippen LogP contribution in [0.5, 0.6) is 0 Å². The van der Waals surface area contributed by atoms with Crippen LogP contribution < -0.4 is 10.2 Å². The van der Waals surface area contributed by atoms with E-state index in [2.05, 4.69) is 29.0 Å². The molecule has 0 aromatic carbocycles. The molecular weight excluding hydrogens is 206 g/mol. The smallest absolute Gasteiger partial charge is 0.185 e. The zero-order valence-electron chi connectivity index (χ0n) is 9.49. The molecule has 0 atom stereocenters. The van der Waals surface area contributed by atoms with Gasteiger partial charge >= 0.3 is 0 Å². The van der Waals surface area contributed by atoms with Gasteiger partial charge in [-0.1, -0.05) is 13.8 Å². The molecule has 1 saturated heterocycles. The second-order valence-corrected chi connectivity index (χ2v) is 5.43. The van der Waals surface area contributed by atoms with Crippen LogP contribution in [0.4, 0.5) is 5.13 Å². The molecule has 0 spiro atoms.